The first-order valence-corrected chi connectivity index (χ1v) is 8.18. The highest BCUT2D eigenvalue weighted by molar-refractivity contribution is 9.10. The standard InChI is InChI=1S/C16H23BrN2O/c1-12(14-8-4-5-9-15(14)17)18-13(2)16(20)19-10-6-3-7-11-19/h4-5,8-9,12-13,18H,3,6-7,10-11H2,1-2H3/t12-,13?/m1/s1. The Bertz CT molecular complexity index is 458. The van der Waals surface area contributed by atoms with Crippen molar-refractivity contribution in [3.8, 4) is 0 Å². The number of carbonyl (C=O) groups is 1. The number of hydrogen-bond acceptors (Lipinski definition) is 2. The van der Waals surface area contributed by atoms with Gasteiger partial charge >= 0.3 is 0 Å². The number of nitrogens with one attached hydrogen (secondary N) is 1. The Labute approximate surface area is 129 Å². The minimum Gasteiger partial charge on any atom is -0.341 e. The van der Waals surface area contributed by atoms with Crippen LogP contribution in [0.25, 0.3) is 0 Å². The number of amides is 1. The van der Waals surface area contributed by atoms with E-state index in [4.69, 9.17) is 0 Å². The van der Waals surface area contributed by atoms with Crippen LogP contribution in [0.3, 0.4) is 0 Å². The lowest BCUT2D eigenvalue weighted by Gasteiger charge is -2.30. The normalized spacial score (nSPS) is 18.6. The summed E-state index contributed by atoms with van der Waals surface area (Å²) in [6, 6.07) is 8.15. The van der Waals surface area contributed by atoms with Crippen LogP contribution in [-0.4, -0.2) is 29.9 Å². The van der Waals surface area contributed by atoms with Gasteiger partial charge in [0.05, 0.1) is 6.04 Å². The molecular formula is C16H23BrN2O. The Morgan fingerprint density at radius 2 is 1.85 bits per heavy atom. The SMILES string of the molecule is CC(N[C@H](C)c1ccccc1Br)C(=O)N1CCCCC1. The molecule has 1 unspecified atom stereocenters. The van der Waals surface area contributed by atoms with E-state index < -0.39 is 0 Å². The van der Waals surface area contributed by atoms with Gasteiger partial charge in [-0.25, -0.2) is 0 Å². The molecule has 0 radical (unpaired) electrons. The van der Waals surface area contributed by atoms with Crippen LogP contribution < -0.4 is 5.32 Å². The molecule has 1 aromatic rings. The van der Waals surface area contributed by atoms with Gasteiger partial charge in [0.25, 0.3) is 0 Å². The third-order valence-electron chi connectivity index (χ3n) is 3.91. The highest BCUT2D eigenvalue weighted by Gasteiger charge is 2.23. The van der Waals surface area contributed by atoms with Gasteiger partial charge in [-0.1, -0.05) is 34.1 Å². The largest absolute Gasteiger partial charge is 0.341 e. The van der Waals surface area contributed by atoms with Crippen molar-refractivity contribution in [2.45, 2.75) is 45.2 Å². The van der Waals surface area contributed by atoms with Gasteiger partial charge in [0, 0.05) is 23.6 Å². The molecule has 1 saturated heterocycles. The summed E-state index contributed by atoms with van der Waals surface area (Å²) in [5.41, 5.74) is 1.19. The minimum absolute atomic E-state index is 0.143. The van der Waals surface area contributed by atoms with Gasteiger partial charge in [0.1, 0.15) is 0 Å². The number of benzene rings is 1. The Balaban J connectivity index is 1.95. The zero-order valence-electron chi connectivity index (χ0n) is 12.2. The molecule has 1 amide bonds. The Hall–Kier alpha value is -0.870. The predicted molar refractivity (Wildman–Crippen MR) is 85.6 cm³/mol. The average molecular weight is 339 g/mol. The van der Waals surface area contributed by atoms with Gasteiger partial charge in [0.2, 0.25) is 5.91 Å². The Morgan fingerprint density at radius 1 is 1.20 bits per heavy atom. The lowest BCUT2D eigenvalue weighted by Crippen LogP contribution is -2.47. The highest BCUT2D eigenvalue weighted by Crippen LogP contribution is 2.23. The van der Waals surface area contributed by atoms with Crippen LogP contribution in [0.4, 0.5) is 0 Å². The van der Waals surface area contributed by atoms with E-state index in [0.29, 0.717) is 0 Å². The van der Waals surface area contributed by atoms with Gasteiger partial charge in [-0.05, 0) is 44.7 Å². The summed E-state index contributed by atoms with van der Waals surface area (Å²) in [6.45, 7) is 5.88. The Kier molecular flexibility index (Phi) is 5.61. The van der Waals surface area contributed by atoms with E-state index >= 15 is 0 Å². The molecule has 0 spiro atoms. The Morgan fingerprint density at radius 3 is 2.50 bits per heavy atom. The first kappa shape index (κ1) is 15.5. The molecule has 2 rings (SSSR count). The molecule has 0 saturated carbocycles. The molecule has 0 aliphatic carbocycles. The van der Waals surface area contributed by atoms with Crippen molar-refractivity contribution < 1.29 is 4.79 Å². The molecule has 0 aromatic heterocycles. The van der Waals surface area contributed by atoms with Crippen LogP contribution in [-0.2, 0) is 4.79 Å². The molecule has 2 atom stereocenters. The molecule has 4 heteroatoms. The number of piperidine rings is 1. The van der Waals surface area contributed by atoms with Gasteiger partial charge < -0.3 is 4.90 Å². The molecule has 1 fully saturated rings. The fourth-order valence-electron chi connectivity index (χ4n) is 2.75. The predicted octanol–water partition coefficient (Wildman–Crippen LogP) is 3.50. The number of hydrogen-bond donors (Lipinski definition) is 1. The molecule has 3 nitrogen and oxygen atoms in total. The van der Waals surface area contributed by atoms with Crippen molar-refractivity contribution in [3.63, 3.8) is 0 Å². The van der Waals surface area contributed by atoms with Crippen LogP contribution in [0.15, 0.2) is 28.7 Å². The van der Waals surface area contributed by atoms with Crippen LogP contribution in [0, 0.1) is 0 Å². The fourth-order valence-corrected chi connectivity index (χ4v) is 3.38. The van der Waals surface area contributed by atoms with Crippen molar-refractivity contribution in [2.75, 3.05) is 13.1 Å². The maximum atomic E-state index is 12.4. The van der Waals surface area contributed by atoms with E-state index in [2.05, 4.69) is 34.2 Å². The number of rotatable bonds is 4. The van der Waals surface area contributed by atoms with Gasteiger partial charge in [-0.2, -0.15) is 0 Å². The zero-order chi connectivity index (χ0) is 14.5. The molecule has 1 heterocycles. The van der Waals surface area contributed by atoms with Crippen molar-refractivity contribution in [3.05, 3.63) is 34.3 Å². The topological polar surface area (TPSA) is 32.3 Å². The second-order valence-electron chi connectivity index (χ2n) is 5.52. The summed E-state index contributed by atoms with van der Waals surface area (Å²) >= 11 is 3.57. The molecule has 110 valence electrons. The maximum absolute atomic E-state index is 12.4. The molecule has 1 aliphatic heterocycles. The lowest BCUT2D eigenvalue weighted by atomic mass is 10.1. The van der Waals surface area contributed by atoms with Gasteiger partial charge in [-0.15, -0.1) is 0 Å². The van der Waals surface area contributed by atoms with Gasteiger partial charge in [0.15, 0.2) is 0 Å². The molecule has 1 aliphatic rings. The van der Waals surface area contributed by atoms with Crippen LogP contribution in [0.5, 0.6) is 0 Å². The molecule has 1 aromatic carbocycles. The minimum atomic E-state index is -0.143. The summed E-state index contributed by atoms with van der Waals surface area (Å²) in [4.78, 5) is 14.4. The van der Waals surface area contributed by atoms with Crippen molar-refractivity contribution >= 4 is 21.8 Å². The monoisotopic (exact) mass is 338 g/mol. The molecule has 0 bridgehead atoms. The summed E-state index contributed by atoms with van der Waals surface area (Å²) in [5, 5.41) is 3.41. The van der Waals surface area contributed by atoms with Crippen LogP contribution >= 0.6 is 15.9 Å². The summed E-state index contributed by atoms with van der Waals surface area (Å²) in [5.74, 6) is 0.226. The average Bonchev–Trinajstić information content (AvgIpc) is 2.47. The lowest BCUT2D eigenvalue weighted by molar-refractivity contribution is -0.134. The van der Waals surface area contributed by atoms with E-state index in [-0.39, 0.29) is 18.0 Å². The number of likely N-dealkylation sites (tertiary alicyclic amines) is 1. The summed E-state index contributed by atoms with van der Waals surface area (Å²) < 4.78 is 1.08. The first-order chi connectivity index (χ1) is 9.59. The fraction of sp³-hybridized carbons (Fsp3) is 0.562. The van der Waals surface area contributed by atoms with Crippen LogP contribution in [0.1, 0.15) is 44.7 Å². The van der Waals surface area contributed by atoms with Crippen molar-refractivity contribution in [2.24, 2.45) is 0 Å². The van der Waals surface area contributed by atoms with E-state index in [1.54, 1.807) is 0 Å². The molecular weight excluding hydrogens is 316 g/mol. The van der Waals surface area contributed by atoms with E-state index in [1.165, 1.54) is 12.0 Å². The zero-order valence-corrected chi connectivity index (χ0v) is 13.8. The smallest absolute Gasteiger partial charge is 0.239 e. The molecule has 1 N–H and O–H groups in total. The third kappa shape index (κ3) is 3.83. The van der Waals surface area contributed by atoms with Crippen molar-refractivity contribution in [1.82, 2.24) is 10.2 Å². The van der Waals surface area contributed by atoms with E-state index in [1.807, 2.05) is 30.0 Å². The summed E-state index contributed by atoms with van der Waals surface area (Å²) in [7, 11) is 0. The van der Waals surface area contributed by atoms with Gasteiger partial charge in [-0.3, -0.25) is 10.1 Å². The van der Waals surface area contributed by atoms with E-state index in [0.717, 1.165) is 30.4 Å². The maximum Gasteiger partial charge on any atom is 0.239 e. The summed E-state index contributed by atoms with van der Waals surface area (Å²) in [6.07, 6.45) is 3.52. The highest BCUT2D eigenvalue weighted by atomic mass is 79.9. The number of nitrogens with zero attached hydrogens (tertiary/aromatic N) is 1. The third-order valence-corrected chi connectivity index (χ3v) is 4.63. The molecule has 20 heavy (non-hydrogen) atoms. The second kappa shape index (κ2) is 7.23. The van der Waals surface area contributed by atoms with Crippen LogP contribution in [0.2, 0.25) is 0 Å². The second-order valence-corrected chi connectivity index (χ2v) is 6.37. The number of carbonyl (C=O) groups excluding carboxylic acids is 1. The van der Waals surface area contributed by atoms with Crippen molar-refractivity contribution in [1.29, 1.82) is 0 Å². The van der Waals surface area contributed by atoms with E-state index in [9.17, 15) is 4.79 Å². The first-order valence-electron chi connectivity index (χ1n) is 7.39. The quantitative estimate of drug-likeness (QED) is 0.911. The number of halogens is 1.